The van der Waals surface area contributed by atoms with Crippen LogP contribution in [-0.2, 0) is 0 Å². The zero-order valence-electron chi connectivity index (χ0n) is 85.2. The van der Waals surface area contributed by atoms with Gasteiger partial charge in [0.25, 0.3) is 0 Å². The minimum atomic E-state index is -0.882. The predicted octanol–water partition coefficient (Wildman–Crippen LogP) is 36.5. The Morgan fingerprint density at radius 3 is 0.737 bits per heavy atom. The van der Waals surface area contributed by atoms with Crippen LogP contribution >= 0.6 is 0 Å². The van der Waals surface area contributed by atoms with Crippen LogP contribution in [0.2, 0.25) is 25.7 Å². The SMILES string of the molecule is CC(C)(C)CC1CCC2C=C3CCCC3=CC21.CC(C)(C)CC1CCC2C=CC=CC21.CC(C)C.CC(C)C.CC(C)C.CC(C)C.CC1C(C)C(C)C(C)C1C.CC1C(C)C(C)C(C)C1C.CC1C(C)C(C)C(C)C1C.CC1C(C)C(C)C(C)C1C.CC1CCC2C=CC=CC12.C[Si](C)(C)CC1CCC2C=C3CCCC3=CC21. The lowest BCUT2D eigenvalue weighted by molar-refractivity contribution is 0.261. The van der Waals surface area contributed by atoms with Crippen LogP contribution in [0.4, 0.5) is 0 Å². The Kier molecular flexibility index (Phi) is 46.1. The molecule has 12 atom stereocenters. The lowest BCUT2D eigenvalue weighted by atomic mass is 9.75. The molecule has 0 saturated heterocycles. The van der Waals surface area contributed by atoms with E-state index >= 15 is 0 Å². The average Bonchev–Trinajstić information content (AvgIpc) is 1.63. The highest BCUT2D eigenvalue weighted by atomic mass is 28.3. The van der Waals surface area contributed by atoms with E-state index in [-0.39, 0.29) is 0 Å². The normalized spacial score (nSPS) is 39.8. The molecule has 10 saturated carbocycles. The van der Waals surface area contributed by atoms with Gasteiger partial charge in [0, 0.05) is 8.07 Å². The Hall–Kier alpha value is -1.86. The maximum absolute atomic E-state index is 2.70. The molecule has 0 aromatic carbocycles. The number of hydrogen-bond acceptors (Lipinski definition) is 0. The van der Waals surface area contributed by atoms with Gasteiger partial charge in [-0.3, -0.25) is 0 Å². The Labute approximate surface area is 720 Å². The Balaban J connectivity index is 0.000000331. The average molecular weight is 1590 g/mol. The van der Waals surface area contributed by atoms with Gasteiger partial charge in [-0.05, 0) is 349 Å². The topological polar surface area (TPSA) is 0 Å². The van der Waals surface area contributed by atoms with Crippen LogP contribution in [0.1, 0.15) is 373 Å². The number of rotatable bonds is 4. The summed E-state index contributed by atoms with van der Waals surface area (Å²) in [6.45, 7) is 98.2. The van der Waals surface area contributed by atoms with Gasteiger partial charge in [0.1, 0.15) is 0 Å². The smallest absolute Gasteiger partial charge is 0.0445 e. The van der Waals surface area contributed by atoms with Crippen molar-refractivity contribution in [2.75, 3.05) is 0 Å². The van der Waals surface area contributed by atoms with Gasteiger partial charge < -0.3 is 0 Å². The first kappa shape index (κ1) is 106. The van der Waals surface area contributed by atoms with E-state index in [4.69, 9.17) is 0 Å². The molecule has 0 aromatic heterocycles. The molecule has 114 heavy (non-hydrogen) atoms. The molecule has 0 heterocycles. The fourth-order valence-corrected chi connectivity index (χ4v) is 25.5. The van der Waals surface area contributed by atoms with Gasteiger partial charge in [-0.25, -0.2) is 0 Å². The largest absolute Gasteiger partial charge is 0.0808 e. The van der Waals surface area contributed by atoms with E-state index in [0.29, 0.717) is 10.8 Å². The summed E-state index contributed by atoms with van der Waals surface area (Å²) in [5.41, 5.74) is 7.87. The molecule has 0 amide bonds. The monoisotopic (exact) mass is 1590 g/mol. The van der Waals surface area contributed by atoms with Crippen LogP contribution < -0.4 is 0 Å². The maximum atomic E-state index is 2.70. The predicted molar refractivity (Wildman–Crippen MR) is 523 cm³/mol. The molecule has 14 aliphatic rings. The summed E-state index contributed by atoms with van der Waals surface area (Å²) in [5, 5.41) is 0. The van der Waals surface area contributed by atoms with Crippen molar-refractivity contribution in [3.8, 4) is 0 Å². The zero-order chi connectivity index (χ0) is 87.1. The first-order valence-corrected chi connectivity index (χ1v) is 53.9. The van der Waals surface area contributed by atoms with Crippen molar-refractivity contribution in [1.82, 2.24) is 0 Å². The second kappa shape index (κ2) is 49.4. The van der Waals surface area contributed by atoms with Gasteiger partial charge >= 0.3 is 0 Å². The summed E-state index contributed by atoms with van der Waals surface area (Å²) in [5.74, 6) is 32.9. The van der Waals surface area contributed by atoms with Crippen LogP contribution in [0.3, 0.4) is 0 Å². The Bertz CT molecular complexity index is 2490. The number of fused-ring (bicyclic) bond motifs is 6. The maximum Gasteiger partial charge on any atom is 0.0445 e. The molecule has 12 unspecified atom stereocenters. The van der Waals surface area contributed by atoms with Crippen molar-refractivity contribution in [1.29, 1.82) is 0 Å². The van der Waals surface area contributed by atoms with Gasteiger partial charge in [-0.1, -0.05) is 369 Å². The fourth-order valence-electron chi connectivity index (χ4n) is 23.4. The van der Waals surface area contributed by atoms with E-state index < -0.39 is 8.07 Å². The standard InChI is InChI=1S/C17H26.C16H26Si.C14H22.C10H14.4C10H20.4C4H10/c2*1-17(2,3)11-15-8-7-14-9-12-5-4-6-13(12)10-16(14)15;1-14(2,3)10-12-9-8-11-6-4-5-7-13(11)12;1-8-6-7-9-4-2-3-5-10(8)9;4*1-6-7(2)9(4)10(5)8(6)3;4*1-4(2)3/h2*9-10,14-16H,4-8,11H2,1-3H3;4-7,11-13H,8-10H2,1-3H3;2-5,8-10H,6-7H2,1H3;4*6-10H,1-5H3;4*4H,1-3H3. The van der Waals surface area contributed by atoms with Crippen molar-refractivity contribution in [3.05, 3.63) is 95.2 Å². The van der Waals surface area contributed by atoms with Gasteiger partial charge in [0.05, 0.1) is 0 Å². The third-order valence-corrected chi connectivity index (χ3v) is 34.6. The van der Waals surface area contributed by atoms with Crippen molar-refractivity contribution < 1.29 is 0 Å². The van der Waals surface area contributed by atoms with Crippen LogP contribution in [0.15, 0.2) is 95.2 Å². The third-order valence-electron chi connectivity index (χ3n) is 32.9. The minimum Gasteiger partial charge on any atom is -0.0808 e. The van der Waals surface area contributed by atoms with E-state index in [1.807, 2.05) is 0 Å². The zero-order valence-corrected chi connectivity index (χ0v) is 86.2. The lowest BCUT2D eigenvalue weighted by Crippen LogP contribution is -2.26. The molecular formula is C113H208Si. The molecule has 0 spiro atoms. The molecule has 1 heteroatoms. The molecule has 0 aromatic rings. The summed E-state index contributed by atoms with van der Waals surface area (Å²) in [6, 6.07) is 1.54. The molecule has 0 bridgehead atoms. The molecule has 0 radical (unpaired) electrons. The van der Waals surface area contributed by atoms with Gasteiger partial charge in [-0.15, -0.1) is 0 Å². The summed E-state index contributed by atoms with van der Waals surface area (Å²) in [7, 11) is -0.882. The van der Waals surface area contributed by atoms with E-state index in [0.717, 1.165) is 213 Å². The van der Waals surface area contributed by atoms with Crippen molar-refractivity contribution in [2.24, 2.45) is 224 Å². The van der Waals surface area contributed by atoms with Crippen LogP contribution in [0, 0.1) is 224 Å². The molecule has 14 aliphatic carbocycles. The highest BCUT2D eigenvalue weighted by molar-refractivity contribution is 6.76. The first-order chi connectivity index (χ1) is 52.6. The summed E-state index contributed by atoms with van der Waals surface area (Å²) < 4.78 is 0. The summed E-state index contributed by atoms with van der Waals surface area (Å²) in [6.07, 6.45) is 51.7. The van der Waals surface area contributed by atoms with E-state index in [2.05, 4.69) is 363 Å². The van der Waals surface area contributed by atoms with E-state index in [1.54, 1.807) is 28.3 Å². The first-order valence-electron chi connectivity index (χ1n) is 50.2. The molecule has 0 aliphatic heterocycles. The molecule has 0 N–H and O–H groups in total. The summed E-state index contributed by atoms with van der Waals surface area (Å²) in [4.78, 5) is 0. The van der Waals surface area contributed by atoms with Crippen LogP contribution in [0.5, 0.6) is 0 Å². The molecule has 10 fully saturated rings. The van der Waals surface area contributed by atoms with Crippen LogP contribution in [0.25, 0.3) is 0 Å². The third kappa shape index (κ3) is 34.5. The van der Waals surface area contributed by atoms with E-state index in [1.165, 1.54) is 103 Å². The van der Waals surface area contributed by atoms with Gasteiger partial charge in [0.15, 0.2) is 0 Å². The minimum absolute atomic E-state index is 0.495. The molecule has 664 valence electrons. The lowest BCUT2D eigenvalue weighted by Gasteiger charge is -2.30. The van der Waals surface area contributed by atoms with Crippen molar-refractivity contribution in [3.63, 3.8) is 0 Å². The highest BCUT2D eigenvalue weighted by Crippen LogP contribution is 2.54. The molecular weight excluding hydrogens is 1390 g/mol. The van der Waals surface area contributed by atoms with E-state index in [9.17, 15) is 0 Å². The summed E-state index contributed by atoms with van der Waals surface area (Å²) >= 11 is 0. The van der Waals surface area contributed by atoms with Crippen LogP contribution in [-0.4, -0.2) is 8.07 Å². The fraction of sp³-hybridized carbons (Fsp3) is 0.858. The highest BCUT2D eigenvalue weighted by Gasteiger charge is 2.44. The number of allylic oxidation sites excluding steroid dienone is 16. The second-order valence-corrected chi connectivity index (χ2v) is 54.5. The quantitative estimate of drug-likeness (QED) is 0.246. The second-order valence-electron chi connectivity index (χ2n) is 49.0. The molecule has 14 rings (SSSR count). The molecule has 0 nitrogen and oxygen atoms in total. The van der Waals surface area contributed by atoms with Crippen molar-refractivity contribution in [2.45, 2.75) is 398 Å². The van der Waals surface area contributed by atoms with Crippen molar-refractivity contribution >= 4 is 8.07 Å². The Morgan fingerprint density at radius 1 is 0.263 bits per heavy atom. The van der Waals surface area contributed by atoms with Gasteiger partial charge in [0.2, 0.25) is 0 Å². The number of hydrogen-bond donors (Lipinski definition) is 0. The Morgan fingerprint density at radius 2 is 0.474 bits per heavy atom. The van der Waals surface area contributed by atoms with Gasteiger partial charge in [-0.2, -0.15) is 0 Å².